The summed E-state index contributed by atoms with van der Waals surface area (Å²) in [7, 11) is 0. The molecule has 1 aromatic rings. The normalized spacial score (nSPS) is 20.8. The lowest BCUT2D eigenvalue weighted by Crippen LogP contribution is -2.40. The second kappa shape index (κ2) is 5.15. The number of rotatable bonds is 4. The van der Waals surface area contributed by atoms with E-state index in [9.17, 15) is 4.39 Å². The molecule has 1 fully saturated rings. The maximum absolute atomic E-state index is 13.7. The van der Waals surface area contributed by atoms with Crippen LogP contribution < -0.4 is 10.6 Å². The molecule has 2 nitrogen and oxygen atoms in total. The van der Waals surface area contributed by atoms with Crippen molar-refractivity contribution in [1.82, 2.24) is 10.6 Å². The van der Waals surface area contributed by atoms with Crippen molar-refractivity contribution < 1.29 is 4.39 Å². The summed E-state index contributed by atoms with van der Waals surface area (Å²) in [4.78, 5) is 0. The van der Waals surface area contributed by atoms with Gasteiger partial charge in [0.2, 0.25) is 0 Å². The first kappa shape index (κ1) is 12.5. The number of benzene rings is 1. The highest BCUT2D eigenvalue weighted by Crippen LogP contribution is 2.25. The zero-order valence-corrected chi connectivity index (χ0v) is 10.6. The predicted molar refractivity (Wildman–Crippen MR) is 68.7 cm³/mol. The Morgan fingerprint density at radius 1 is 1.41 bits per heavy atom. The van der Waals surface area contributed by atoms with Crippen LogP contribution in [0, 0.1) is 5.82 Å². The van der Waals surface area contributed by atoms with E-state index in [-0.39, 0.29) is 11.2 Å². The van der Waals surface area contributed by atoms with Gasteiger partial charge in [0.25, 0.3) is 0 Å². The Kier molecular flexibility index (Phi) is 3.79. The minimum atomic E-state index is -0.173. The van der Waals surface area contributed by atoms with E-state index >= 15 is 0 Å². The molecule has 2 rings (SSSR count). The zero-order valence-electron chi connectivity index (χ0n) is 10.6. The summed E-state index contributed by atoms with van der Waals surface area (Å²) in [5.74, 6) is -0.108. The van der Waals surface area contributed by atoms with Gasteiger partial charge in [0, 0.05) is 24.5 Å². The molecule has 1 unspecified atom stereocenters. The van der Waals surface area contributed by atoms with Gasteiger partial charge in [-0.15, -0.1) is 0 Å². The highest BCUT2D eigenvalue weighted by atomic mass is 19.1. The number of hydrogen-bond acceptors (Lipinski definition) is 2. The van der Waals surface area contributed by atoms with Gasteiger partial charge < -0.3 is 10.6 Å². The second-order valence-corrected chi connectivity index (χ2v) is 5.43. The molecule has 2 N–H and O–H groups in total. The van der Waals surface area contributed by atoms with Gasteiger partial charge >= 0.3 is 0 Å². The lowest BCUT2D eigenvalue weighted by Gasteiger charge is -2.28. The van der Waals surface area contributed by atoms with Crippen LogP contribution in [-0.2, 0) is 5.41 Å². The van der Waals surface area contributed by atoms with Gasteiger partial charge in [0.1, 0.15) is 5.82 Å². The Bertz CT molecular complexity index is 370. The van der Waals surface area contributed by atoms with Crippen molar-refractivity contribution in [2.45, 2.75) is 31.7 Å². The summed E-state index contributed by atoms with van der Waals surface area (Å²) in [5.41, 5.74) is 0.618. The van der Waals surface area contributed by atoms with E-state index < -0.39 is 0 Å². The van der Waals surface area contributed by atoms with Crippen LogP contribution in [0.25, 0.3) is 0 Å². The molecule has 1 atom stereocenters. The fourth-order valence-electron chi connectivity index (χ4n) is 2.33. The third-order valence-electron chi connectivity index (χ3n) is 3.50. The quantitative estimate of drug-likeness (QED) is 0.836. The summed E-state index contributed by atoms with van der Waals surface area (Å²) in [5, 5.41) is 6.84. The Labute approximate surface area is 103 Å². The van der Waals surface area contributed by atoms with Gasteiger partial charge in [-0.3, -0.25) is 0 Å². The smallest absolute Gasteiger partial charge is 0.126 e. The first-order chi connectivity index (χ1) is 8.09. The molecular formula is C14H21FN2. The van der Waals surface area contributed by atoms with E-state index in [1.807, 2.05) is 12.1 Å². The molecule has 0 aromatic heterocycles. The Morgan fingerprint density at radius 3 is 2.82 bits per heavy atom. The third kappa shape index (κ3) is 3.05. The van der Waals surface area contributed by atoms with E-state index in [2.05, 4.69) is 24.5 Å². The summed E-state index contributed by atoms with van der Waals surface area (Å²) in [6, 6.07) is 7.58. The first-order valence-corrected chi connectivity index (χ1v) is 6.29. The second-order valence-electron chi connectivity index (χ2n) is 5.43. The molecule has 0 radical (unpaired) electrons. The Hall–Kier alpha value is -0.930. The molecule has 0 spiro atoms. The maximum atomic E-state index is 13.7. The van der Waals surface area contributed by atoms with Crippen molar-refractivity contribution in [2.24, 2.45) is 0 Å². The summed E-state index contributed by atoms with van der Waals surface area (Å²) in [6.07, 6.45) is 1.16. The molecule has 94 valence electrons. The molecule has 0 bridgehead atoms. The molecular weight excluding hydrogens is 215 g/mol. The summed E-state index contributed by atoms with van der Waals surface area (Å²) < 4.78 is 13.7. The van der Waals surface area contributed by atoms with Gasteiger partial charge in [-0.25, -0.2) is 4.39 Å². The molecule has 0 saturated carbocycles. The number of halogens is 1. The molecule has 3 heteroatoms. The standard InChI is InChI=1S/C14H21FN2/c1-14(2,10-17-11-7-8-16-9-11)12-5-3-4-6-13(12)15/h3-6,11,16-17H,7-10H2,1-2H3. The monoisotopic (exact) mass is 236 g/mol. The van der Waals surface area contributed by atoms with Crippen molar-refractivity contribution in [3.63, 3.8) is 0 Å². The minimum Gasteiger partial charge on any atom is -0.315 e. The number of nitrogens with one attached hydrogen (secondary N) is 2. The van der Waals surface area contributed by atoms with Crippen LogP contribution in [0.2, 0.25) is 0 Å². The molecule has 1 aliphatic rings. The van der Waals surface area contributed by atoms with E-state index in [1.54, 1.807) is 6.07 Å². The van der Waals surface area contributed by atoms with Gasteiger partial charge in [0.15, 0.2) is 0 Å². The van der Waals surface area contributed by atoms with Crippen LogP contribution in [0.4, 0.5) is 4.39 Å². The van der Waals surface area contributed by atoms with E-state index in [0.29, 0.717) is 6.04 Å². The Morgan fingerprint density at radius 2 is 2.18 bits per heavy atom. The predicted octanol–water partition coefficient (Wildman–Crippen LogP) is 2.05. The fraction of sp³-hybridized carbons (Fsp3) is 0.571. The maximum Gasteiger partial charge on any atom is 0.126 e. The van der Waals surface area contributed by atoms with E-state index in [1.165, 1.54) is 6.07 Å². The van der Waals surface area contributed by atoms with Gasteiger partial charge in [-0.2, -0.15) is 0 Å². The Balaban J connectivity index is 2.00. The van der Waals surface area contributed by atoms with Crippen LogP contribution in [0.3, 0.4) is 0 Å². The highest BCUT2D eigenvalue weighted by Gasteiger charge is 2.25. The molecule has 1 aromatic carbocycles. The van der Waals surface area contributed by atoms with Crippen LogP contribution >= 0.6 is 0 Å². The highest BCUT2D eigenvalue weighted by molar-refractivity contribution is 5.25. The summed E-state index contributed by atoms with van der Waals surface area (Å²) >= 11 is 0. The molecule has 0 aliphatic carbocycles. The minimum absolute atomic E-state index is 0.108. The van der Waals surface area contributed by atoms with Crippen molar-refractivity contribution in [3.8, 4) is 0 Å². The van der Waals surface area contributed by atoms with Crippen LogP contribution in [-0.4, -0.2) is 25.7 Å². The van der Waals surface area contributed by atoms with Crippen molar-refractivity contribution in [2.75, 3.05) is 19.6 Å². The summed E-state index contributed by atoms with van der Waals surface area (Å²) in [6.45, 7) is 7.08. The molecule has 1 saturated heterocycles. The lowest BCUT2D eigenvalue weighted by atomic mass is 9.84. The molecule has 1 aliphatic heterocycles. The van der Waals surface area contributed by atoms with Crippen molar-refractivity contribution in [1.29, 1.82) is 0 Å². The van der Waals surface area contributed by atoms with Gasteiger partial charge in [-0.1, -0.05) is 32.0 Å². The van der Waals surface area contributed by atoms with E-state index in [0.717, 1.165) is 31.6 Å². The van der Waals surface area contributed by atoms with Crippen LogP contribution in [0.1, 0.15) is 25.8 Å². The average molecular weight is 236 g/mol. The first-order valence-electron chi connectivity index (χ1n) is 6.29. The topological polar surface area (TPSA) is 24.1 Å². The van der Waals surface area contributed by atoms with Crippen molar-refractivity contribution >= 4 is 0 Å². The van der Waals surface area contributed by atoms with Crippen LogP contribution in [0.15, 0.2) is 24.3 Å². The van der Waals surface area contributed by atoms with Crippen molar-refractivity contribution in [3.05, 3.63) is 35.6 Å². The largest absolute Gasteiger partial charge is 0.315 e. The fourth-order valence-corrected chi connectivity index (χ4v) is 2.33. The van der Waals surface area contributed by atoms with Gasteiger partial charge in [-0.05, 0) is 24.6 Å². The number of hydrogen-bond donors (Lipinski definition) is 2. The SMILES string of the molecule is CC(C)(CNC1CCNC1)c1ccccc1F. The molecule has 1 heterocycles. The van der Waals surface area contributed by atoms with Crippen LogP contribution in [0.5, 0.6) is 0 Å². The lowest BCUT2D eigenvalue weighted by molar-refractivity contribution is 0.413. The average Bonchev–Trinajstić information content (AvgIpc) is 2.80. The third-order valence-corrected chi connectivity index (χ3v) is 3.50. The molecule has 17 heavy (non-hydrogen) atoms. The molecule has 0 amide bonds. The van der Waals surface area contributed by atoms with E-state index in [4.69, 9.17) is 0 Å². The van der Waals surface area contributed by atoms with Gasteiger partial charge in [0.05, 0.1) is 0 Å². The zero-order chi connectivity index (χ0) is 12.3.